The molecule has 0 unspecified atom stereocenters. The van der Waals surface area contributed by atoms with Crippen molar-refractivity contribution in [3.8, 4) is 11.5 Å². The Morgan fingerprint density at radius 1 is 1.04 bits per heavy atom. The molecular weight excluding hydrogens is 354 g/mol. The molecule has 0 fully saturated rings. The molecule has 0 amide bonds. The second kappa shape index (κ2) is 7.06. The van der Waals surface area contributed by atoms with Gasteiger partial charge in [0.2, 0.25) is 5.76 Å². The van der Waals surface area contributed by atoms with Crippen LogP contribution in [0.2, 0.25) is 5.02 Å². The summed E-state index contributed by atoms with van der Waals surface area (Å²) in [6.45, 7) is 0.0378. The SMILES string of the molecule is O=C(Cc1ccc(Cl)cc1)OCc1cc(-c2cc3ccccc3o2)on1. The molecule has 2 aromatic heterocycles. The summed E-state index contributed by atoms with van der Waals surface area (Å²) in [5.41, 5.74) is 2.13. The minimum Gasteiger partial charge on any atom is -0.459 e. The lowest BCUT2D eigenvalue weighted by Gasteiger charge is -2.02. The quantitative estimate of drug-likeness (QED) is 0.463. The smallest absolute Gasteiger partial charge is 0.310 e. The Labute approximate surface area is 154 Å². The Bertz CT molecular complexity index is 1020. The number of nitrogens with zero attached hydrogens (tertiary/aromatic N) is 1. The van der Waals surface area contributed by atoms with Crippen molar-refractivity contribution in [1.82, 2.24) is 5.16 Å². The third-order valence-corrected chi connectivity index (χ3v) is 4.12. The third-order valence-electron chi connectivity index (χ3n) is 3.87. The van der Waals surface area contributed by atoms with Crippen LogP contribution in [-0.4, -0.2) is 11.1 Å². The van der Waals surface area contributed by atoms with Gasteiger partial charge in [-0.05, 0) is 29.8 Å². The van der Waals surface area contributed by atoms with E-state index in [0.29, 0.717) is 22.2 Å². The van der Waals surface area contributed by atoms with Crippen molar-refractivity contribution in [3.63, 3.8) is 0 Å². The van der Waals surface area contributed by atoms with E-state index in [9.17, 15) is 4.79 Å². The molecule has 0 saturated heterocycles. The summed E-state index contributed by atoms with van der Waals surface area (Å²) in [6, 6.07) is 18.3. The molecule has 130 valence electrons. The molecule has 5 nitrogen and oxygen atoms in total. The molecule has 0 aliphatic heterocycles. The molecule has 0 saturated carbocycles. The molecular formula is C20H14ClNO4. The summed E-state index contributed by atoms with van der Waals surface area (Å²) >= 11 is 5.83. The van der Waals surface area contributed by atoms with Gasteiger partial charge in [0.05, 0.1) is 6.42 Å². The van der Waals surface area contributed by atoms with Gasteiger partial charge >= 0.3 is 5.97 Å². The van der Waals surface area contributed by atoms with Crippen molar-refractivity contribution >= 4 is 28.5 Å². The lowest BCUT2D eigenvalue weighted by atomic mass is 10.1. The lowest BCUT2D eigenvalue weighted by Crippen LogP contribution is -2.08. The summed E-state index contributed by atoms with van der Waals surface area (Å²) in [5.74, 6) is 0.725. The van der Waals surface area contributed by atoms with Crippen LogP contribution >= 0.6 is 11.6 Å². The highest BCUT2D eigenvalue weighted by Gasteiger charge is 2.13. The highest BCUT2D eigenvalue weighted by molar-refractivity contribution is 6.30. The first-order valence-corrected chi connectivity index (χ1v) is 8.40. The van der Waals surface area contributed by atoms with Gasteiger partial charge in [-0.3, -0.25) is 4.79 Å². The molecule has 26 heavy (non-hydrogen) atoms. The van der Waals surface area contributed by atoms with Gasteiger partial charge in [0.15, 0.2) is 5.76 Å². The molecule has 2 aromatic carbocycles. The molecule has 0 spiro atoms. The van der Waals surface area contributed by atoms with Crippen molar-refractivity contribution in [1.29, 1.82) is 0 Å². The molecule has 4 aromatic rings. The highest BCUT2D eigenvalue weighted by Crippen LogP contribution is 2.28. The van der Waals surface area contributed by atoms with Crippen LogP contribution in [0.1, 0.15) is 11.3 Å². The number of ether oxygens (including phenoxy) is 1. The number of para-hydroxylation sites is 1. The molecule has 0 aliphatic carbocycles. The van der Waals surface area contributed by atoms with Crippen molar-refractivity contribution in [2.45, 2.75) is 13.0 Å². The Kier molecular flexibility index (Phi) is 4.46. The van der Waals surface area contributed by atoms with Gasteiger partial charge in [0.1, 0.15) is 17.9 Å². The number of hydrogen-bond acceptors (Lipinski definition) is 5. The van der Waals surface area contributed by atoms with Gasteiger partial charge < -0.3 is 13.7 Å². The largest absolute Gasteiger partial charge is 0.459 e. The number of benzene rings is 2. The predicted molar refractivity (Wildman–Crippen MR) is 96.7 cm³/mol. The highest BCUT2D eigenvalue weighted by atomic mass is 35.5. The average Bonchev–Trinajstić information content (AvgIpc) is 3.28. The number of halogens is 1. The summed E-state index contributed by atoms with van der Waals surface area (Å²) in [5, 5.41) is 5.53. The van der Waals surface area contributed by atoms with E-state index in [2.05, 4.69) is 5.16 Å². The second-order valence-corrected chi connectivity index (χ2v) is 6.23. The van der Waals surface area contributed by atoms with E-state index >= 15 is 0 Å². The first kappa shape index (κ1) is 16.4. The molecule has 0 radical (unpaired) electrons. The fraction of sp³-hybridized carbons (Fsp3) is 0.100. The summed E-state index contributed by atoms with van der Waals surface area (Å²) < 4.78 is 16.3. The van der Waals surface area contributed by atoms with Gasteiger partial charge in [0.25, 0.3) is 0 Å². The van der Waals surface area contributed by atoms with Crippen LogP contribution in [-0.2, 0) is 22.6 Å². The van der Waals surface area contributed by atoms with Crippen molar-refractivity contribution < 1.29 is 18.5 Å². The van der Waals surface area contributed by atoms with E-state index in [0.717, 1.165) is 16.5 Å². The van der Waals surface area contributed by atoms with Crippen LogP contribution in [0.3, 0.4) is 0 Å². The Morgan fingerprint density at radius 2 is 1.85 bits per heavy atom. The predicted octanol–water partition coefficient (Wildman–Crippen LogP) is 5.03. The summed E-state index contributed by atoms with van der Waals surface area (Å²) in [7, 11) is 0. The minimum atomic E-state index is -0.347. The van der Waals surface area contributed by atoms with E-state index in [4.69, 9.17) is 25.3 Å². The fourth-order valence-electron chi connectivity index (χ4n) is 2.57. The van der Waals surface area contributed by atoms with Crippen LogP contribution in [0.5, 0.6) is 0 Å². The number of rotatable bonds is 5. The van der Waals surface area contributed by atoms with Crippen LogP contribution in [0.25, 0.3) is 22.5 Å². The van der Waals surface area contributed by atoms with Gasteiger partial charge in [-0.25, -0.2) is 0 Å². The maximum atomic E-state index is 11.9. The number of hydrogen-bond donors (Lipinski definition) is 0. The lowest BCUT2D eigenvalue weighted by molar-refractivity contribution is -0.144. The van der Waals surface area contributed by atoms with E-state index in [1.54, 1.807) is 30.3 Å². The van der Waals surface area contributed by atoms with E-state index in [-0.39, 0.29) is 19.0 Å². The molecule has 6 heteroatoms. The van der Waals surface area contributed by atoms with Gasteiger partial charge in [-0.1, -0.05) is 47.1 Å². The van der Waals surface area contributed by atoms with Crippen LogP contribution in [0.4, 0.5) is 0 Å². The van der Waals surface area contributed by atoms with E-state index in [1.807, 2.05) is 30.3 Å². The monoisotopic (exact) mass is 367 g/mol. The molecule has 0 N–H and O–H groups in total. The first-order chi connectivity index (χ1) is 12.7. The molecule has 0 bridgehead atoms. The average molecular weight is 368 g/mol. The van der Waals surface area contributed by atoms with Gasteiger partial charge in [0, 0.05) is 16.5 Å². The van der Waals surface area contributed by atoms with Crippen LogP contribution < -0.4 is 0 Å². The number of furan rings is 1. The minimum absolute atomic E-state index is 0.0378. The maximum absolute atomic E-state index is 11.9. The van der Waals surface area contributed by atoms with E-state index in [1.165, 1.54) is 0 Å². The van der Waals surface area contributed by atoms with Crippen LogP contribution in [0, 0.1) is 0 Å². The number of carbonyl (C=O) groups is 1. The Hall–Kier alpha value is -3.05. The van der Waals surface area contributed by atoms with E-state index < -0.39 is 0 Å². The normalized spacial score (nSPS) is 11.0. The maximum Gasteiger partial charge on any atom is 0.310 e. The summed E-state index contributed by atoms with van der Waals surface area (Å²) in [6.07, 6.45) is 0.172. The number of carbonyl (C=O) groups excluding carboxylic acids is 1. The zero-order valence-corrected chi connectivity index (χ0v) is 14.4. The van der Waals surface area contributed by atoms with Gasteiger partial charge in [-0.2, -0.15) is 0 Å². The zero-order valence-electron chi connectivity index (χ0n) is 13.6. The first-order valence-electron chi connectivity index (χ1n) is 8.02. The van der Waals surface area contributed by atoms with Crippen molar-refractivity contribution in [2.75, 3.05) is 0 Å². The second-order valence-electron chi connectivity index (χ2n) is 5.79. The van der Waals surface area contributed by atoms with Crippen LogP contribution in [0.15, 0.2) is 69.6 Å². The third kappa shape index (κ3) is 3.63. The number of aromatic nitrogens is 1. The zero-order chi connectivity index (χ0) is 17.9. The molecule has 0 atom stereocenters. The Balaban J connectivity index is 1.38. The molecule has 4 rings (SSSR count). The fourth-order valence-corrected chi connectivity index (χ4v) is 2.70. The topological polar surface area (TPSA) is 65.5 Å². The summed E-state index contributed by atoms with van der Waals surface area (Å²) in [4.78, 5) is 11.9. The van der Waals surface area contributed by atoms with Crippen molar-refractivity contribution in [2.24, 2.45) is 0 Å². The molecule has 0 aliphatic rings. The number of fused-ring (bicyclic) bond motifs is 1. The number of esters is 1. The Morgan fingerprint density at radius 3 is 2.65 bits per heavy atom. The van der Waals surface area contributed by atoms with Crippen molar-refractivity contribution in [3.05, 3.63) is 76.9 Å². The van der Waals surface area contributed by atoms with Gasteiger partial charge in [-0.15, -0.1) is 0 Å². The standard InChI is InChI=1S/C20H14ClNO4/c21-15-7-5-13(6-8-15)9-20(23)24-12-16-11-19(26-22-16)18-10-14-3-1-2-4-17(14)25-18/h1-8,10-11H,9,12H2. The molecule has 2 heterocycles.